The Balaban J connectivity index is 2.11. The molecule has 0 spiro atoms. The number of hydrogen-bond acceptors (Lipinski definition) is 5. The van der Waals surface area contributed by atoms with E-state index >= 15 is 0 Å². The van der Waals surface area contributed by atoms with Crippen LogP contribution in [0.25, 0.3) is 0 Å². The highest BCUT2D eigenvalue weighted by atomic mass is 32.2. The Labute approximate surface area is 128 Å². The summed E-state index contributed by atoms with van der Waals surface area (Å²) in [6, 6.07) is 12.1. The molecule has 1 aromatic heterocycles. The number of ether oxygens (including phenoxy) is 1. The Kier molecular flexibility index (Phi) is 4.93. The van der Waals surface area contributed by atoms with Gasteiger partial charge in [-0.2, -0.15) is 13.7 Å². The third-order valence-electron chi connectivity index (χ3n) is 2.73. The summed E-state index contributed by atoms with van der Waals surface area (Å²) in [6.07, 6.45) is 2.26. The van der Waals surface area contributed by atoms with Crippen molar-refractivity contribution in [2.45, 2.75) is 6.42 Å². The van der Waals surface area contributed by atoms with Gasteiger partial charge in [-0.25, -0.2) is 5.14 Å². The molecule has 7 nitrogen and oxygen atoms in total. The second-order valence-electron chi connectivity index (χ2n) is 4.36. The Morgan fingerprint density at radius 3 is 2.73 bits per heavy atom. The SMILES string of the molecule is N#Cc1c(NS(N)(=O)=O)cccc1OCCc1ccccn1. The van der Waals surface area contributed by atoms with Crippen molar-refractivity contribution in [1.82, 2.24) is 4.98 Å². The zero-order chi connectivity index (χ0) is 16.0. The quantitative estimate of drug-likeness (QED) is 0.829. The van der Waals surface area contributed by atoms with Gasteiger partial charge in [0.15, 0.2) is 0 Å². The first kappa shape index (κ1) is 15.8. The van der Waals surface area contributed by atoms with Crippen molar-refractivity contribution in [3.8, 4) is 11.8 Å². The summed E-state index contributed by atoms with van der Waals surface area (Å²) < 4.78 is 29.8. The number of nitrogens with zero attached hydrogens (tertiary/aromatic N) is 2. The lowest BCUT2D eigenvalue weighted by atomic mass is 10.2. The van der Waals surface area contributed by atoms with Crippen LogP contribution in [0.1, 0.15) is 11.3 Å². The van der Waals surface area contributed by atoms with Gasteiger partial charge >= 0.3 is 0 Å². The van der Waals surface area contributed by atoms with E-state index in [0.29, 0.717) is 13.0 Å². The van der Waals surface area contributed by atoms with Crippen molar-refractivity contribution in [2.24, 2.45) is 5.14 Å². The standard InChI is InChI=1S/C14H14N4O3S/c15-10-12-13(18-22(16,19)20)5-3-6-14(12)21-9-7-11-4-1-2-8-17-11/h1-6,8,18H,7,9H2,(H2,16,19,20). The summed E-state index contributed by atoms with van der Waals surface area (Å²) in [5.74, 6) is 0.284. The molecule has 0 unspecified atom stereocenters. The normalized spacial score (nSPS) is 10.7. The Morgan fingerprint density at radius 1 is 1.27 bits per heavy atom. The van der Waals surface area contributed by atoms with Crippen molar-refractivity contribution in [1.29, 1.82) is 5.26 Å². The summed E-state index contributed by atoms with van der Waals surface area (Å²) in [6.45, 7) is 0.310. The number of rotatable bonds is 6. The molecule has 0 saturated heterocycles. The van der Waals surface area contributed by atoms with E-state index in [2.05, 4.69) is 9.71 Å². The molecule has 22 heavy (non-hydrogen) atoms. The first-order valence-electron chi connectivity index (χ1n) is 6.36. The molecular formula is C14H14N4O3S. The maximum Gasteiger partial charge on any atom is 0.296 e. The van der Waals surface area contributed by atoms with E-state index < -0.39 is 10.2 Å². The van der Waals surface area contributed by atoms with E-state index in [1.54, 1.807) is 18.3 Å². The van der Waals surface area contributed by atoms with Gasteiger partial charge in [-0.05, 0) is 24.3 Å². The van der Waals surface area contributed by atoms with Crippen molar-refractivity contribution >= 4 is 15.9 Å². The highest BCUT2D eigenvalue weighted by Gasteiger charge is 2.12. The molecule has 0 aliphatic carbocycles. The molecule has 0 saturated carbocycles. The van der Waals surface area contributed by atoms with Crippen LogP contribution in [-0.2, 0) is 16.6 Å². The van der Waals surface area contributed by atoms with Crippen LogP contribution in [0.5, 0.6) is 5.75 Å². The maximum absolute atomic E-state index is 11.1. The van der Waals surface area contributed by atoms with Crippen LogP contribution in [-0.4, -0.2) is 20.0 Å². The van der Waals surface area contributed by atoms with E-state index in [1.165, 1.54) is 6.07 Å². The first-order chi connectivity index (χ1) is 10.5. The topological polar surface area (TPSA) is 118 Å². The highest BCUT2D eigenvalue weighted by Crippen LogP contribution is 2.26. The average molecular weight is 318 g/mol. The van der Waals surface area contributed by atoms with Crippen molar-refractivity contribution in [3.05, 3.63) is 53.9 Å². The highest BCUT2D eigenvalue weighted by molar-refractivity contribution is 7.90. The van der Waals surface area contributed by atoms with Crippen LogP contribution >= 0.6 is 0 Å². The third-order valence-corrected chi connectivity index (χ3v) is 3.24. The first-order valence-corrected chi connectivity index (χ1v) is 7.90. The summed E-state index contributed by atoms with van der Waals surface area (Å²) in [5.41, 5.74) is 1.03. The van der Waals surface area contributed by atoms with E-state index in [0.717, 1.165) is 5.69 Å². The van der Waals surface area contributed by atoms with Gasteiger partial charge in [0, 0.05) is 18.3 Å². The largest absolute Gasteiger partial charge is 0.492 e. The van der Waals surface area contributed by atoms with Crippen LogP contribution in [0.4, 0.5) is 5.69 Å². The van der Waals surface area contributed by atoms with Crippen molar-refractivity contribution in [2.75, 3.05) is 11.3 Å². The molecule has 1 heterocycles. The summed E-state index contributed by atoms with van der Waals surface area (Å²) >= 11 is 0. The van der Waals surface area contributed by atoms with Gasteiger partial charge in [0.25, 0.3) is 10.2 Å². The summed E-state index contributed by atoms with van der Waals surface area (Å²) in [4.78, 5) is 4.17. The van der Waals surface area contributed by atoms with Crippen LogP contribution in [0, 0.1) is 11.3 Å². The lowest BCUT2D eigenvalue weighted by molar-refractivity contribution is 0.320. The lowest BCUT2D eigenvalue weighted by Gasteiger charge is -2.11. The van der Waals surface area contributed by atoms with E-state index in [9.17, 15) is 13.7 Å². The van der Waals surface area contributed by atoms with Crippen LogP contribution in [0.2, 0.25) is 0 Å². The van der Waals surface area contributed by atoms with Crippen LogP contribution in [0.15, 0.2) is 42.6 Å². The minimum absolute atomic E-state index is 0.0811. The maximum atomic E-state index is 11.1. The predicted molar refractivity (Wildman–Crippen MR) is 81.3 cm³/mol. The van der Waals surface area contributed by atoms with Gasteiger partial charge in [0.1, 0.15) is 17.4 Å². The molecule has 8 heteroatoms. The molecule has 1 aromatic carbocycles. The van der Waals surface area contributed by atoms with Crippen molar-refractivity contribution in [3.63, 3.8) is 0 Å². The number of aromatic nitrogens is 1. The Morgan fingerprint density at radius 2 is 2.09 bits per heavy atom. The fraction of sp³-hybridized carbons (Fsp3) is 0.143. The van der Waals surface area contributed by atoms with Crippen LogP contribution in [0.3, 0.4) is 0 Å². The molecule has 0 fully saturated rings. The van der Waals surface area contributed by atoms with E-state index in [1.807, 2.05) is 24.3 Å². The monoisotopic (exact) mass is 318 g/mol. The summed E-state index contributed by atoms with van der Waals surface area (Å²) in [7, 11) is -3.96. The van der Waals surface area contributed by atoms with Gasteiger partial charge in [-0.1, -0.05) is 12.1 Å². The molecule has 3 N–H and O–H groups in total. The molecule has 0 radical (unpaired) electrons. The molecule has 0 bridgehead atoms. The number of pyridine rings is 1. The molecule has 2 rings (SSSR count). The molecule has 0 amide bonds. The molecule has 2 aromatic rings. The lowest BCUT2D eigenvalue weighted by Crippen LogP contribution is -2.22. The molecule has 0 aliphatic heterocycles. The second-order valence-corrected chi connectivity index (χ2v) is 5.65. The van der Waals surface area contributed by atoms with Gasteiger partial charge in [-0.3, -0.25) is 9.71 Å². The average Bonchev–Trinajstić information content (AvgIpc) is 2.47. The molecular weight excluding hydrogens is 304 g/mol. The molecule has 114 valence electrons. The smallest absolute Gasteiger partial charge is 0.296 e. The fourth-order valence-electron chi connectivity index (χ4n) is 1.82. The Bertz CT molecular complexity index is 785. The number of benzene rings is 1. The third kappa shape index (κ3) is 4.44. The van der Waals surface area contributed by atoms with Gasteiger partial charge in [0.05, 0.1) is 12.3 Å². The predicted octanol–water partition coefficient (Wildman–Crippen LogP) is 1.19. The van der Waals surface area contributed by atoms with Crippen molar-refractivity contribution < 1.29 is 13.2 Å². The summed E-state index contributed by atoms with van der Waals surface area (Å²) in [5, 5.41) is 14.1. The number of nitriles is 1. The van der Waals surface area contributed by atoms with Crippen LogP contribution < -0.4 is 14.6 Å². The second kappa shape index (κ2) is 6.89. The molecule has 0 atom stereocenters. The number of nitrogens with two attached hydrogens (primary N) is 1. The van der Waals surface area contributed by atoms with Gasteiger partial charge < -0.3 is 4.74 Å². The Hall–Kier alpha value is -2.63. The number of hydrogen-bond donors (Lipinski definition) is 2. The van der Waals surface area contributed by atoms with Gasteiger partial charge in [-0.15, -0.1) is 0 Å². The van der Waals surface area contributed by atoms with Gasteiger partial charge in [0.2, 0.25) is 0 Å². The minimum Gasteiger partial charge on any atom is -0.492 e. The number of anilines is 1. The molecule has 0 aliphatic rings. The zero-order valence-corrected chi connectivity index (χ0v) is 12.4. The van der Waals surface area contributed by atoms with E-state index in [4.69, 9.17) is 9.88 Å². The zero-order valence-electron chi connectivity index (χ0n) is 11.6. The minimum atomic E-state index is -3.96. The number of nitrogens with one attached hydrogen (secondary N) is 1. The van der Waals surface area contributed by atoms with E-state index in [-0.39, 0.29) is 17.0 Å². The fourth-order valence-corrected chi connectivity index (χ4v) is 2.29.